The second kappa shape index (κ2) is 14.9. The van der Waals surface area contributed by atoms with Gasteiger partial charge in [0, 0.05) is 22.9 Å². The summed E-state index contributed by atoms with van der Waals surface area (Å²) >= 11 is 0. The summed E-state index contributed by atoms with van der Waals surface area (Å²) in [6.45, 7) is 2.79. The maximum absolute atomic E-state index is 13.2. The van der Waals surface area contributed by atoms with Crippen LogP contribution in [0.15, 0.2) is 79.0 Å². The zero-order valence-electron chi connectivity index (χ0n) is 24.6. The van der Waals surface area contributed by atoms with Gasteiger partial charge in [-0.2, -0.15) is 0 Å². The molecule has 0 saturated carbocycles. The van der Waals surface area contributed by atoms with E-state index in [1.54, 1.807) is 23.8 Å². The molecular formula is C35H39NO6. The Labute approximate surface area is 247 Å². The van der Waals surface area contributed by atoms with E-state index in [2.05, 4.69) is 6.92 Å². The van der Waals surface area contributed by atoms with E-state index in [-0.39, 0.29) is 23.8 Å². The Morgan fingerprint density at radius 1 is 0.762 bits per heavy atom. The maximum atomic E-state index is 13.2. The number of benzene rings is 3. The minimum Gasteiger partial charge on any atom is -0.508 e. The van der Waals surface area contributed by atoms with Crippen LogP contribution in [0.2, 0.25) is 0 Å². The SMILES string of the molecule is CCCCCCCCOc1ccc(-c2c(-c3ccc(OC)cc3)cn(CC(=O)c3ccc(O)cc3)c2C(=O)OC)cc1. The number of carbonyl (C=O) groups is 2. The molecule has 0 radical (unpaired) electrons. The summed E-state index contributed by atoms with van der Waals surface area (Å²) in [7, 11) is 2.94. The molecule has 0 atom stereocenters. The summed E-state index contributed by atoms with van der Waals surface area (Å²) < 4.78 is 18.2. The molecule has 0 amide bonds. The first-order valence-electron chi connectivity index (χ1n) is 14.5. The van der Waals surface area contributed by atoms with Gasteiger partial charge in [0.1, 0.15) is 22.9 Å². The highest BCUT2D eigenvalue weighted by molar-refractivity contribution is 6.03. The monoisotopic (exact) mass is 569 g/mol. The van der Waals surface area contributed by atoms with Gasteiger partial charge in [0.25, 0.3) is 0 Å². The number of ketones is 1. The van der Waals surface area contributed by atoms with E-state index >= 15 is 0 Å². The Kier molecular flexibility index (Phi) is 10.8. The summed E-state index contributed by atoms with van der Waals surface area (Å²) in [6, 6.07) is 21.3. The molecule has 0 spiro atoms. The first kappa shape index (κ1) is 30.4. The molecule has 0 saturated heterocycles. The van der Waals surface area contributed by atoms with E-state index in [9.17, 15) is 14.7 Å². The lowest BCUT2D eigenvalue weighted by molar-refractivity contribution is 0.0589. The fourth-order valence-corrected chi connectivity index (χ4v) is 4.96. The van der Waals surface area contributed by atoms with Crippen LogP contribution in [-0.4, -0.2) is 42.3 Å². The Balaban J connectivity index is 1.67. The number of Topliss-reactive ketones (excluding diaryl/α,β-unsaturated/α-hetero) is 1. The number of phenolic OH excluding ortho intramolecular Hbond substituents is 1. The number of phenols is 1. The molecular weight excluding hydrogens is 530 g/mol. The molecule has 3 aromatic carbocycles. The zero-order chi connectivity index (χ0) is 29.9. The summed E-state index contributed by atoms with van der Waals surface area (Å²) in [5.41, 5.74) is 3.79. The van der Waals surface area contributed by atoms with Crippen LogP contribution in [0.3, 0.4) is 0 Å². The van der Waals surface area contributed by atoms with E-state index in [0.717, 1.165) is 35.3 Å². The summed E-state index contributed by atoms with van der Waals surface area (Å²) in [5.74, 6) is 0.793. The zero-order valence-corrected chi connectivity index (χ0v) is 24.6. The van der Waals surface area contributed by atoms with Gasteiger partial charge in [-0.1, -0.05) is 63.3 Å². The molecule has 220 valence electrons. The first-order chi connectivity index (χ1) is 20.4. The fraction of sp³-hybridized carbons (Fsp3) is 0.314. The molecule has 4 rings (SSSR count). The molecule has 0 unspecified atom stereocenters. The van der Waals surface area contributed by atoms with E-state index in [1.807, 2.05) is 54.7 Å². The van der Waals surface area contributed by atoms with Crippen molar-refractivity contribution >= 4 is 11.8 Å². The maximum Gasteiger partial charge on any atom is 0.355 e. The van der Waals surface area contributed by atoms with Crippen LogP contribution < -0.4 is 9.47 Å². The number of nitrogens with zero attached hydrogens (tertiary/aromatic N) is 1. The number of ether oxygens (including phenoxy) is 3. The Morgan fingerprint density at radius 3 is 2.02 bits per heavy atom. The van der Waals surface area contributed by atoms with Gasteiger partial charge >= 0.3 is 5.97 Å². The Morgan fingerprint density at radius 2 is 1.38 bits per heavy atom. The summed E-state index contributed by atoms with van der Waals surface area (Å²) in [5, 5.41) is 9.63. The molecule has 0 aliphatic carbocycles. The molecule has 1 heterocycles. The number of rotatable bonds is 15. The van der Waals surface area contributed by atoms with E-state index < -0.39 is 5.97 Å². The van der Waals surface area contributed by atoms with Crippen molar-refractivity contribution in [3.63, 3.8) is 0 Å². The van der Waals surface area contributed by atoms with Crippen LogP contribution in [0.4, 0.5) is 0 Å². The molecule has 0 bridgehead atoms. The van der Waals surface area contributed by atoms with Crippen LogP contribution in [0, 0.1) is 0 Å². The molecule has 0 aliphatic heterocycles. The van der Waals surface area contributed by atoms with Crippen LogP contribution in [-0.2, 0) is 11.3 Å². The summed E-state index contributed by atoms with van der Waals surface area (Å²) in [4.78, 5) is 26.5. The Hall–Kier alpha value is -4.52. The molecule has 4 aromatic rings. The van der Waals surface area contributed by atoms with Gasteiger partial charge in [-0.15, -0.1) is 0 Å². The van der Waals surface area contributed by atoms with Gasteiger partial charge in [-0.05, 0) is 66.1 Å². The lowest BCUT2D eigenvalue weighted by Crippen LogP contribution is -2.16. The second-order valence-electron chi connectivity index (χ2n) is 10.2. The van der Waals surface area contributed by atoms with Gasteiger partial charge in [0.15, 0.2) is 5.78 Å². The van der Waals surface area contributed by atoms with E-state index in [1.165, 1.54) is 44.9 Å². The largest absolute Gasteiger partial charge is 0.508 e. The van der Waals surface area contributed by atoms with Crippen LogP contribution >= 0.6 is 0 Å². The van der Waals surface area contributed by atoms with Crippen molar-refractivity contribution in [3.8, 4) is 39.5 Å². The third-order valence-electron chi connectivity index (χ3n) is 7.27. The lowest BCUT2D eigenvalue weighted by atomic mass is 9.96. The number of aromatic hydroxyl groups is 1. The topological polar surface area (TPSA) is 87.0 Å². The van der Waals surface area contributed by atoms with Crippen molar-refractivity contribution in [1.29, 1.82) is 0 Å². The molecule has 42 heavy (non-hydrogen) atoms. The average molecular weight is 570 g/mol. The number of esters is 1. The van der Waals surface area contributed by atoms with Crippen molar-refractivity contribution < 1.29 is 28.9 Å². The van der Waals surface area contributed by atoms with Crippen LogP contribution in [0.1, 0.15) is 66.3 Å². The van der Waals surface area contributed by atoms with Crippen molar-refractivity contribution in [1.82, 2.24) is 4.57 Å². The third-order valence-corrected chi connectivity index (χ3v) is 7.27. The number of methoxy groups -OCH3 is 2. The van der Waals surface area contributed by atoms with Gasteiger partial charge in [-0.25, -0.2) is 4.79 Å². The highest BCUT2D eigenvalue weighted by Gasteiger charge is 2.26. The molecule has 1 N–H and O–H groups in total. The summed E-state index contributed by atoms with van der Waals surface area (Å²) in [6.07, 6.45) is 8.99. The average Bonchev–Trinajstić information content (AvgIpc) is 3.39. The van der Waals surface area contributed by atoms with Crippen LogP contribution in [0.25, 0.3) is 22.3 Å². The molecule has 0 aliphatic rings. The van der Waals surface area contributed by atoms with E-state index in [4.69, 9.17) is 14.2 Å². The highest BCUT2D eigenvalue weighted by Crippen LogP contribution is 2.38. The third kappa shape index (κ3) is 7.60. The number of hydrogen-bond acceptors (Lipinski definition) is 6. The van der Waals surface area contributed by atoms with Gasteiger partial charge in [0.05, 0.1) is 27.4 Å². The second-order valence-corrected chi connectivity index (χ2v) is 10.2. The normalized spacial score (nSPS) is 10.8. The lowest BCUT2D eigenvalue weighted by Gasteiger charge is -2.12. The Bertz CT molecular complexity index is 1450. The van der Waals surface area contributed by atoms with Crippen molar-refractivity contribution in [2.75, 3.05) is 20.8 Å². The molecule has 1 aromatic heterocycles. The minimum atomic E-state index is -0.549. The predicted octanol–water partition coefficient (Wildman–Crippen LogP) is 7.95. The first-order valence-corrected chi connectivity index (χ1v) is 14.5. The standard InChI is InChI=1S/C35H39NO6/c1-4-5-6-7-8-9-22-42-30-20-14-27(15-21-30)33-31(25-12-18-29(40-2)19-13-25)23-36(34(33)35(39)41-3)24-32(38)26-10-16-28(37)17-11-26/h10-21,23,37H,4-9,22,24H2,1-3H3. The number of unbranched alkanes of at least 4 members (excludes halogenated alkanes) is 5. The predicted molar refractivity (Wildman–Crippen MR) is 165 cm³/mol. The van der Waals surface area contributed by atoms with Gasteiger partial charge in [-0.3, -0.25) is 4.79 Å². The number of hydrogen-bond donors (Lipinski definition) is 1. The molecule has 0 fully saturated rings. The molecule has 7 heteroatoms. The minimum absolute atomic E-state index is 0.0752. The van der Waals surface area contributed by atoms with Crippen molar-refractivity contribution in [2.45, 2.75) is 52.0 Å². The highest BCUT2D eigenvalue weighted by atomic mass is 16.5. The smallest absolute Gasteiger partial charge is 0.355 e. The molecule has 7 nitrogen and oxygen atoms in total. The van der Waals surface area contributed by atoms with Crippen molar-refractivity contribution in [2.24, 2.45) is 0 Å². The van der Waals surface area contributed by atoms with Gasteiger partial charge in [0.2, 0.25) is 0 Å². The van der Waals surface area contributed by atoms with E-state index in [0.29, 0.717) is 23.5 Å². The van der Waals surface area contributed by atoms with Gasteiger partial charge < -0.3 is 23.9 Å². The van der Waals surface area contributed by atoms with Crippen LogP contribution in [0.5, 0.6) is 17.2 Å². The fourth-order valence-electron chi connectivity index (χ4n) is 4.96. The quantitative estimate of drug-likeness (QED) is 0.0888. The number of aromatic nitrogens is 1. The van der Waals surface area contributed by atoms with Crippen molar-refractivity contribution in [3.05, 3.63) is 90.3 Å². The number of carbonyl (C=O) groups excluding carboxylic acids is 2.